The van der Waals surface area contributed by atoms with Crippen LogP contribution in [0.4, 0.5) is 5.82 Å². The van der Waals surface area contributed by atoms with Crippen molar-refractivity contribution in [2.75, 3.05) is 5.32 Å². The molecule has 1 aromatic heterocycles. The molecule has 0 spiro atoms. The summed E-state index contributed by atoms with van der Waals surface area (Å²) in [5, 5.41) is 10.7. The molecule has 1 amide bonds. The molecule has 1 aliphatic rings. The molecule has 174 valence electrons. The average molecular weight is 473 g/mol. The minimum atomic E-state index is -0.259. The molecule has 2 N–H and O–H groups in total. The van der Waals surface area contributed by atoms with Gasteiger partial charge in [-0.05, 0) is 48.0 Å². The van der Waals surface area contributed by atoms with Gasteiger partial charge in [-0.25, -0.2) is 0 Å². The monoisotopic (exact) mass is 473 g/mol. The SMILES string of the molecule is O=C(Nc1n[nH]c2ccc(OCc3ccc4c(c3)C(=O)c3ccccc3C4=O)cc12)c1ccccc1. The zero-order chi connectivity index (χ0) is 24.6. The molecular weight excluding hydrogens is 454 g/mol. The summed E-state index contributed by atoms with van der Waals surface area (Å²) < 4.78 is 5.99. The van der Waals surface area contributed by atoms with Crippen molar-refractivity contribution in [3.63, 3.8) is 0 Å². The van der Waals surface area contributed by atoms with Crippen LogP contribution in [0.3, 0.4) is 0 Å². The van der Waals surface area contributed by atoms with Crippen LogP contribution in [-0.4, -0.2) is 27.7 Å². The molecule has 0 atom stereocenters. The summed E-state index contributed by atoms with van der Waals surface area (Å²) in [4.78, 5) is 38.4. The Morgan fingerprint density at radius 1 is 0.778 bits per heavy atom. The number of carbonyl (C=O) groups excluding carboxylic acids is 3. The Morgan fingerprint density at radius 3 is 2.25 bits per heavy atom. The van der Waals surface area contributed by atoms with Gasteiger partial charge in [0.2, 0.25) is 0 Å². The molecule has 0 saturated heterocycles. The van der Waals surface area contributed by atoms with Crippen LogP contribution in [0, 0.1) is 0 Å². The molecule has 7 heteroatoms. The number of nitrogens with one attached hydrogen (secondary N) is 2. The van der Waals surface area contributed by atoms with Crippen LogP contribution in [0.2, 0.25) is 0 Å². The van der Waals surface area contributed by atoms with Crippen molar-refractivity contribution in [3.05, 3.63) is 124 Å². The van der Waals surface area contributed by atoms with Gasteiger partial charge in [-0.3, -0.25) is 19.5 Å². The third-order valence-electron chi connectivity index (χ3n) is 6.20. The second-order valence-corrected chi connectivity index (χ2v) is 8.47. The van der Waals surface area contributed by atoms with E-state index in [1.807, 2.05) is 12.1 Å². The number of carbonyl (C=O) groups is 3. The van der Waals surface area contributed by atoms with Gasteiger partial charge < -0.3 is 10.1 Å². The predicted octanol–water partition coefficient (Wildman–Crippen LogP) is 5.17. The van der Waals surface area contributed by atoms with Crippen molar-refractivity contribution < 1.29 is 19.1 Å². The lowest BCUT2D eigenvalue weighted by Crippen LogP contribution is -2.21. The number of ketones is 2. The third-order valence-corrected chi connectivity index (χ3v) is 6.20. The number of amides is 1. The van der Waals surface area contributed by atoms with E-state index in [-0.39, 0.29) is 24.1 Å². The van der Waals surface area contributed by atoms with Crippen LogP contribution in [-0.2, 0) is 6.61 Å². The lowest BCUT2D eigenvalue weighted by molar-refractivity contribution is 0.0979. The highest BCUT2D eigenvalue weighted by atomic mass is 16.5. The van der Waals surface area contributed by atoms with Gasteiger partial charge in [0, 0.05) is 33.2 Å². The Labute approximate surface area is 205 Å². The minimum absolute atomic E-state index is 0.150. The van der Waals surface area contributed by atoms with E-state index in [9.17, 15) is 14.4 Å². The fourth-order valence-electron chi connectivity index (χ4n) is 4.35. The first-order chi connectivity index (χ1) is 17.6. The molecule has 1 heterocycles. The molecule has 0 bridgehead atoms. The lowest BCUT2D eigenvalue weighted by atomic mass is 9.83. The van der Waals surface area contributed by atoms with E-state index in [0.717, 1.165) is 11.1 Å². The fraction of sp³-hybridized carbons (Fsp3) is 0.0345. The van der Waals surface area contributed by atoms with Gasteiger partial charge in [-0.15, -0.1) is 0 Å². The van der Waals surface area contributed by atoms with Gasteiger partial charge in [0.1, 0.15) is 12.4 Å². The van der Waals surface area contributed by atoms with Gasteiger partial charge in [0.05, 0.1) is 5.52 Å². The van der Waals surface area contributed by atoms with Gasteiger partial charge in [-0.2, -0.15) is 5.10 Å². The molecular formula is C29H19N3O4. The second kappa shape index (κ2) is 8.63. The molecule has 1 aliphatic carbocycles. The predicted molar refractivity (Wildman–Crippen MR) is 135 cm³/mol. The summed E-state index contributed by atoms with van der Waals surface area (Å²) in [5.74, 6) is 0.402. The van der Waals surface area contributed by atoms with Crippen molar-refractivity contribution in [1.82, 2.24) is 10.2 Å². The molecule has 0 fully saturated rings. The van der Waals surface area contributed by atoms with Crippen molar-refractivity contribution in [3.8, 4) is 5.75 Å². The molecule has 0 unspecified atom stereocenters. The number of hydrogen-bond acceptors (Lipinski definition) is 5. The van der Waals surface area contributed by atoms with Gasteiger partial charge >= 0.3 is 0 Å². The summed E-state index contributed by atoms with van der Waals surface area (Å²) in [6.07, 6.45) is 0. The van der Waals surface area contributed by atoms with E-state index in [1.165, 1.54) is 0 Å². The second-order valence-electron chi connectivity index (χ2n) is 8.47. The topological polar surface area (TPSA) is 101 Å². The van der Waals surface area contributed by atoms with Crippen molar-refractivity contribution >= 4 is 34.2 Å². The van der Waals surface area contributed by atoms with E-state index in [4.69, 9.17) is 4.74 Å². The van der Waals surface area contributed by atoms with Crippen LogP contribution >= 0.6 is 0 Å². The standard InChI is InChI=1S/C29H19N3O4/c33-26-20-8-4-5-9-21(20)27(34)23-14-17(10-12-22(23)26)16-36-19-11-13-25-24(15-19)28(32-31-25)30-29(35)18-6-2-1-3-7-18/h1-15H,16H2,(H2,30,31,32,35). The van der Waals surface area contributed by atoms with Crippen LogP contribution in [0.15, 0.2) is 91.0 Å². The number of hydrogen-bond donors (Lipinski definition) is 2. The van der Waals surface area contributed by atoms with E-state index in [2.05, 4.69) is 15.5 Å². The first-order valence-corrected chi connectivity index (χ1v) is 11.4. The maximum Gasteiger partial charge on any atom is 0.256 e. The number of aromatic amines is 1. The van der Waals surface area contributed by atoms with Crippen LogP contribution in [0.5, 0.6) is 5.75 Å². The lowest BCUT2D eigenvalue weighted by Gasteiger charge is -2.18. The van der Waals surface area contributed by atoms with E-state index >= 15 is 0 Å². The number of aromatic nitrogens is 2. The number of H-pyrrole nitrogens is 1. The summed E-state index contributed by atoms with van der Waals surface area (Å²) in [7, 11) is 0. The number of rotatable bonds is 5. The highest BCUT2D eigenvalue weighted by Gasteiger charge is 2.29. The maximum atomic E-state index is 13.0. The zero-order valence-corrected chi connectivity index (χ0v) is 18.9. The molecule has 7 nitrogen and oxygen atoms in total. The van der Waals surface area contributed by atoms with Gasteiger partial charge in [0.25, 0.3) is 5.91 Å². The first kappa shape index (κ1) is 21.5. The maximum absolute atomic E-state index is 13.0. The van der Waals surface area contributed by atoms with Crippen molar-refractivity contribution in [2.24, 2.45) is 0 Å². The Bertz CT molecular complexity index is 1670. The van der Waals surface area contributed by atoms with Crippen molar-refractivity contribution in [2.45, 2.75) is 6.61 Å². The summed E-state index contributed by atoms with van der Waals surface area (Å²) in [5.41, 5.74) is 3.69. The van der Waals surface area contributed by atoms with Gasteiger partial charge in [0.15, 0.2) is 17.4 Å². The van der Waals surface area contributed by atoms with Crippen molar-refractivity contribution in [1.29, 1.82) is 0 Å². The first-order valence-electron chi connectivity index (χ1n) is 11.4. The number of fused-ring (bicyclic) bond motifs is 3. The highest BCUT2D eigenvalue weighted by Crippen LogP contribution is 2.29. The number of anilines is 1. The molecule has 5 aromatic rings. The Kier molecular flexibility index (Phi) is 5.15. The fourth-order valence-corrected chi connectivity index (χ4v) is 4.35. The van der Waals surface area contributed by atoms with E-state index in [0.29, 0.717) is 44.8 Å². The largest absolute Gasteiger partial charge is 0.489 e. The molecule has 6 rings (SSSR count). The summed E-state index contributed by atoms with van der Waals surface area (Å²) in [6.45, 7) is 0.200. The zero-order valence-electron chi connectivity index (χ0n) is 18.9. The highest BCUT2D eigenvalue weighted by molar-refractivity contribution is 6.28. The summed E-state index contributed by atoms with van der Waals surface area (Å²) >= 11 is 0. The molecule has 0 radical (unpaired) electrons. The Morgan fingerprint density at radius 2 is 1.47 bits per heavy atom. The third kappa shape index (κ3) is 3.73. The number of ether oxygens (including phenoxy) is 1. The summed E-state index contributed by atoms with van der Waals surface area (Å²) in [6, 6.07) is 26.4. The molecule has 36 heavy (non-hydrogen) atoms. The normalized spacial score (nSPS) is 12.2. The van der Waals surface area contributed by atoms with Crippen LogP contribution in [0.1, 0.15) is 47.8 Å². The smallest absolute Gasteiger partial charge is 0.256 e. The molecule has 4 aromatic carbocycles. The molecule has 0 aliphatic heterocycles. The van der Waals surface area contributed by atoms with E-state index in [1.54, 1.807) is 78.9 Å². The number of nitrogens with zero attached hydrogens (tertiary/aromatic N) is 1. The Hall–Kier alpha value is -5.04. The van der Waals surface area contributed by atoms with Crippen LogP contribution in [0.25, 0.3) is 10.9 Å². The van der Waals surface area contributed by atoms with Crippen LogP contribution < -0.4 is 10.1 Å². The van der Waals surface area contributed by atoms with E-state index < -0.39 is 0 Å². The number of benzene rings is 4. The van der Waals surface area contributed by atoms with Gasteiger partial charge in [-0.1, -0.05) is 48.5 Å². The average Bonchev–Trinajstić information content (AvgIpc) is 3.32. The quantitative estimate of drug-likeness (QED) is 0.360. The minimum Gasteiger partial charge on any atom is -0.489 e. The molecule has 0 saturated carbocycles. The Balaban J connectivity index is 1.22.